The summed E-state index contributed by atoms with van der Waals surface area (Å²) in [5.41, 5.74) is 4.97. The van der Waals surface area contributed by atoms with Crippen molar-refractivity contribution in [2.24, 2.45) is 13.5 Å². The van der Waals surface area contributed by atoms with Crippen LogP contribution in [0.1, 0.15) is 0 Å². The lowest BCUT2D eigenvalue weighted by Crippen LogP contribution is -2.11. The van der Waals surface area contributed by atoms with E-state index in [0.29, 0.717) is 34.5 Å². The molecule has 0 saturated carbocycles. The van der Waals surface area contributed by atoms with Gasteiger partial charge in [0.25, 0.3) is 0 Å². The van der Waals surface area contributed by atoms with Crippen molar-refractivity contribution in [2.75, 3.05) is 0 Å². The first-order chi connectivity index (χ1) is 38.4. The lowest BCUT2D eigenvalue weighted by molar-refractivity contribution is 0.443. The van der Waals surface area contributed by atoms with E-state index in [4.69, 9.17) is 40.7 Å². The lowest BCUT2D eigenvalue weighted by atomic mass is 10.3. The normalized spacial score (nSPS) is 14.0. The highest BCUT2D eigenvalue weighted by Crippen LogP contribution is 2.78. The van der Waals surface area contributed by atoms with Gasteiger partial charge < -0.3 is 54.5 Å². The average molecular weight is 1090 g/mol. The highest BCUT2D eigenvalue weighted by atomic mass is 31.3. The van der Waals surface area contributed by atoms with E-state index in [1.165, 1.54) is 0 Å². The third kappa shape index (κ3) is 10.4. The first-order valence-corrected chi connectivity index (χ1v) is 28.6. The number of aromatic nitrogens is 12. The fraction of sp³-hybridized carbons (Fsp3) is 0. The molecule has 0 amide bonds. The maximum absolute atomic E-state index is 7.21. The Hall–Kier alpha value is -9.93. The topological polar surface area (TPSA) is 199 Å². The van der Waals surface area contributed by atoms with Crippen LogP contribution >= 0.6 is 23.0 Å². The first kappa shape index (κ1) is 47.8. The van der Waals surface area contributed by atoms with Crippen LogP contribution in [0, 0.1) is 0 Å². The molecule has 0 bridgehead atoms. The van der Waals surface area contributed by atoms with Gasteiger partial charge >= 0.3 is 23.0 Å². The highest BCUT2D eigenvalue weighted by molar-refractivity contribution is 7.79. The van der Waals surface area contributed by atoms with Crippen molar-refractivity contribution in [3.05, 3.63) is 258 Å². The van der Waals surface area contributed by atoms with Crippen molar-refractivity contribution in [2.45, 2.75) is 0 Å². The van der Waals surface area contributed by atoms with Crippen molar-refractivity contribution in [1.29, 1.82) is 0 Å². The standard InChI is InChI=1S/C54H42N15O6P3/c1-13-49(14-2-43(1)64-31-25-55-37-64)70-76(71-50-15-3-44(4-16-50)65-32-26-56-38-65)61-77(72-51-17-5-45(6-18-51)66-33-27-57-39-66,73-52-19-7-46(8-20-52)67-34-28-58-40-67)63-78(62-76,74-53-21-9-47(10-22-53)68-35-29-59-41-68)75-54-23-11-48(12-24-54)69-36-30-60-42-69/h1-42H. The van der Waals surface area contributed by atoms with Gasteiger partial charge in [-0.2, -0.15) is 0 Å². The Morgan fingerprint density at radius 3 is 0.500 bits per heavy atom. The molecule has 6 aromatic carbocycles. The molecule has 0 atom stereocenters. The van der Waals surface area contributed by atoms with Crippen LogP contribution in [0.4, 0.5) is 0 Å². The van der Waals surface area contributed by atoms with E-state index in [1.54, 1.807) is 148 Å². The summed E-state index contributed by atoms with van der Waals surface area (Å²) in [6.45, 7) is 0. The highest BCUT2D eigenvalue weighted by Gasteiger charge is 2.49. The quantitative estimate of drug-likeness (QED) is 0.0738. The minimum absolute atomic E-state index is 0.344. The molecule has 0 fully saturated rings. The predicted molar refractivity (Wildman–Crippen MR) is 293 cm³/mol. The number of hydrogen-bond donors (Lipinski definition) is 0. The summed E-state index contributed by atoms with van der Waals surface area (Å²) in [7, 11) is -12.9. The molecule has 24 heteroatoms. The van der Waals surface area contributed by atoms with Gasteiger partial charge in [-0.15, -0.1) is 0 Å². The Labute approximate surface area is 445 Å². The van der Waals surface area contributed by atoms with Crippen LogP contribution in [-0.4, -0.2) is 57.3 Å². The predicted octanol–water partition coefficient (Wildman–Crippen LogP) is 13.4. The van der Waals surface area contributed by atoms with E-state index < -0.39 is 23.0 Å². The number of benzene rings is 6. The first-order valence-electron chi connectivity index (χ1n) is 24.0. The zero-order valence-corrected chi connectivity index (χ0v) is 43.4. The van der Waals surface area contributed by atoms with Crippen LogP contribution in [0.3, 0.4) is 0 Å². The molecule has 384 valence electrons. The monoisotopic (exact) mass is 1090 g/mol. The summed E-state index contributed by atoms with van der Waals surface area (Å²) < 4.78 is 70.9. The molecular weight excluding hydrogens is 1050 g/mol. The second-order valence-corrected chi connectivity index (χ2v) is 23.3. The van der Waals surface area contributed by atoms with Crippen LogP contribution in [0.5, 0.6) is 34.5 Å². The summed E-state index contributed by atoms with van der Waals surface area (Å²) in [4.78, 5) is 25.5. The summed E-state index contributed by atoms with van der Waals surface area (Å²) in [6, 6.07) is 44.3. The summed E-state index contributed by atoms with van der Waals surface area (Å²) in [5.74, 6) is 2.06. The molecule has 0 aliphatic carbocycles. The van der Waals surface area contributed by atoms with Gasteiger partial charge in [-0.05, 0) is 146 Å². The smallest absolute Gasteiger partial charge is 0.413 e. The fourth-order valence-corrected chi connectivity index (χ4v) is 17.2. The molecule has 0 spiro atoms. The van der Waals surface area contributed by atoms with Crippen LogP contribution in [-0.2, 0) is 0 Å². The molecule has 1 aliphatic heterocycles. The van der Waals surface area contributed by atoms with Gasteiger partial charge in [0.15, 0.2) is 0 Å². The van der Waals surface area contributed by atoms with Gasteiger partial charge in [0.1, 0.15) is 34.5 Å². The molecular formula is C54H42N15O6P3. The Morgan fingerprint density at radius 2 is 0.372 bits per heavy atom. The second-order valence-electron chi connectivity index (χ2n) is 17.1. The van der Waals surface area contributed by atoms with Crippen LogP contribution in [0.25, 0.3) is 34.1 Å². The molecule has 78 heavy (non-hydrogen) atoms. The second kappa shape index (κ2) is 20.7. The van der Waals surface area contributed by atoms with E-state index in [1.807, 2.05) is 137 Å². The number of imidazole rings is 6. The zero-order valence-electron chi connectivity index (χ0n) is 40.7. The van der Waals surface area contributed by atoms with E-state index in [9.17, 15) is 0 Å². The van der Waals surface area contributed by atoms with Crippen molar-refractivity contribution in [1.82, 2.24) is 57.3 Å². The zero-order chi connectivity index (χ0) is 52.2. The Bertz CT molecular complexity index is 3370. The van der Waals surface area contributed by atoms with Crippen molar-refractivity contribution in [3.63, 3.8) is 0 Å². The summed E-state index contributed by atoms with van der Waals surface area (Å²) >= 11 is 0. The van der Waals surface area contributed by atoms with Gasteiger partial charge in [-0.3, -0.25) is 0 Å². The van der Waals surface area contributed by atoms with Gasteiger partial charge in [0.05, 0.1) is 38.0 Å². The van der Waals surface area contributed by atoms with Crippen molar-refractivity contribution < 1.29 is 27.1 Å². The molecule has 0 radical (unpaired) electrons. The molecule has 0 unspecified atom stereocenters. The average Bonchev–Trinajstić information content (AvgIpc) is 4.45. The van der Waals surface area contributed by atoms with Crippen molar-refractivity contribution >= 4 is 23.0 Å². The number of rotatable bonds is 18. The van der Waals surface area contributed by atoms with E-state index in [-0.39, 0.29) is 0 Å². The van der Waals surface area contributed by atoms with Crippen LogP contribution < -0.4 is 27.1 Å². The van der Waals surface area contributed by atoms with Gasteiger partial charge in [-0.1, -0.05) is 13.5 Å². The molecule has 0 saturated heterocycles. The lowest BCUT2D eigenvalue weighted by Gasteiger charge is -2.33. The third-order valence-corrected chi connectivity index (χ3v) is 20.0. The van der Waals surface area contributed by atoms with Crippen LogP contribution in [0.2, 0.25) is 0 Å². The van der Waals surface area contributed by atoms with E-state index >= 15 is 0 Å². The number of hydrogen-bond acceptors (Lipinski definition) is 15. The van der Waals surface area contributed by atoms with Gasteiger partial charge in [0, 0.05) is 108 Å². The Kier molecular flexibility index (Phi) is 12.6. The molecule has 21 nitrogen and oxygen atoms in total. The Morgan fingerprint density at radius 1 is 0.218 bits per heavy atom. The molecule has 0 N–H and O–H groups in total. The molecule has 1 aliphatic rings. The van der Waals surface area contributed by atoms with Gasteiger partial charge in [0.2, 0.25) is 0 Å². The van der Waals surface area contributed by atoms with E-state index in [0.717, 1.165) is 34.1 Å². The molecule has 12 aromatic rings. The summed E-state index contributed by atoms with van der Waals surface area (Å²) in [5, 5.41) is 0. The molecule has 13 rings (SSSR count). The molecule has 6 aromatic heterocycles. The third-order valence-electron chi connectivity index (χ3n) is 11.9. The Balaban J connectivity index is 1.05. The van der Waals surface area contributed by atoms with E-state index in [2.05, 4.69) is 29.9 Å². The van der Waals surface area contributed by atoms with Crippen molar-refractivity contribution in [3.8, 4) is 68.6 Å². The number of nitrogens with zero attached hydrogens (tertiary/aromatic N) is 15. The fourth-order valence-electron chi connectivity index (χ4n) is 8.13. The van der Waals surface area contributed by atoms with Gasteiger partial charge in [-0.25, -0.2) is 29.9 Å². The minimum atomic E-state index is -4.30. The maximum atomic E-state index is 7.21. The largest absolute Gasteiger partial charge is 0.460 e. The van der Waals surface area contributed by atoms with Crippen LogP contribution in [0.15, 0.2) is 271 Å². The summed E-state index contributed by atoms with van der Waals surface area (Å²) in [6.07, 6.45) is 31.6. The maximum Gasteiger partial charge on any atom is 0.460 e. The SMILES string of the molecule is c1cn(-c2ccc(OP3(Oc4ccc(-n5ccnc5)cc4)=NP(Oc4ccc(-n5ccnc5)cc4)(Oc4ccc(-n5ccnc5)cc4)=NP(Oc4ccc(-n5ccnc5)cc4)(Oc4ccc(-n5ccnc5)cc4)=N3)cc2)cn1. The minimum Gasteiger partial charge on any atom is -0.413 e. The molecule has 7 heterocycles.